The van der Waals surface area contributed by atoms with Crippen LogP contribution in [0.1, 0.15) is 63.8 Å². The summed E-state index contributed by atoms with van der Waals surface area (Å²) in [6, 6.07) is 9.52. The van der Waals surface area contributed by atoms with Crippen LogP contribution in [-0.4, -0.2) is 57.0 Å². The lowest BCUT2D eigenvalue weighted by atomic mass is 9.97. The summed E-state index contributed by atoms with van der Waals surface area (Å²) < 4.78 is 0. The van der Waals surface area contributed by atoms with Crippen molar-refractivity contribution in [3.8, 4) is 0 Å². The lowest BCUT2D eigenvalue weighted by Crippen LogP contribution is -2.44. The summed E-state index contributed by atoms with van der Waals surface area (Å²) >= 11 is 1.59. The van der Waals surface area contributed by atoms with Crippen LogP contribution in [0.5, 0.6) is 0 Å². The summed E-state index contributed by atoms with van der Waals surface area (Å²) in [7, 11) is 0. The molecule has 3 heterocycles. The van der Waals surface area contributed by atoms with E-state index in [1.54, 1.807) is 18.0 Å². The Balaban J connectivity index is 1.37. The smallest absolute Gasteiger partial charge is 0.240 e. The van der Waals surface area contributed by atoms with Gasteiger partial charge in [-0.05, 0) is 58.2 Å². The number of nitrogens with zero attached hydrogens (tertiary/aromatic N) is 4. The number of anilines is 1. The molecule has 1 unspecified atom stereocenters. The summed E-state index contributed by atoms with van der Waals surface area (Å²) in [6.45, 7) is 6.59. The van der Waals surface area contributed by atoms with Crippen molar-refractivity contribution in [3.63, 3.8) is 0 Å². The second kappa shape index (κ2) is 11.3. The SMILES string of the molecule is C[C@@H]1CCC[C@H](C)N1CCCCCN1C(=O)C(Cc2cncc(C(=N)N)n2)Sc2ccccc21. The number of nitrogens with one attached hydrogen (secondary N) is 1. The molecule has 8 heteroatoms. The molecule has 2 aliphatic heterocycles. The van der Waals surface area contributed by atoms with Crippen LogP contribution in [0.25, 0.3) is 0 Å². The molecule has 7 nitrogen and oxygen atoms in total. The van der Waals surface area contributed by atoms with Crippen molar-refractivity contribution in [1.29, 1.82) is 5.41 Å². The maximum absolute atomic E-state index is 13.5. The van der Waals surface area contributed by atoms with Crippen LogP contribution in [0.3, 0.4) is 0 Å². The molecule has 1 aromatic heterocycles. The standard InChI is InChI=1S/C26H36N6OS/c1-18-9-8-10-19(2)31(18)13-6-3-7-14-32-22-11-4-5-12-23(22)34-24(26(32)33)15-20-16-29-17-21(30-20)25(27)28/h4-5,11-12,16-19,24H,3,6-10,13-15H2,1-2H3,(H3,27,28)/t18-,19+,24?. The van der Waals surface area contributed by atoms with E-state index < -0.39 is 0 Å². The Morgan fingerprint density at radius 3 is 2.62 bits per heavy atom. The van der Waals surface area contributed by atoms with Crippen LogP contribution in [0.15, 0.2) is 41.6 Å². The van der Waals surface area contributed by atoms with Gasteiger partial charge in [-0.2, -0.15) is 0 Å². The van der Waals surface area contributed by atoms with Crippen molar-refractivity contribution in [2.75, 3.05) is 18.0 Å². The van der Waals surface area contributed by atoms with Gasteiger partial charge in [0.25, 0.3) is 0 Å². The normalized spacial score (nSPS) is 23.1. The highest BCUT2D eigenvalue weighted by Gasteiger charge is 2.33. The molecule has 3 N–H and O–H groups in total. The van der Waals surface area contributed by atoms with E-state index in [4.69, 9.17) is 11.1 Å². The van der Waals surface area contributed by atoms with Gasteiger partial charge in [0, 0.05) is 36.1 Å². The van der Waals surface area contributed by atoms with Gasteiger partial charge in [-0.15, -0.1) is 11.8 Å². The first-order valence-corrected chi connectivity index (χ1v) is 13.3. The Morgan fingerprint density at radius 2 is 1.85 bits per heavy atom. The Kier molecular flexibility index (Phi) is 8.21. The zero-order chi connectivity index (χ0) is 24.1. The lowest BCUT2D eigenvalue weighted by Gasteiger charge is -2.39. The van der Waals surface area contributed by atoms with Crippen molar-refractivity contribution < 1.29 is 4.79 Å². The van der Waals surface area contributed by atoms with Crippen molar-refractivity contribution in [3.05, 3.63) is 48.0 Å². The Morgan fingerprint density at radius 1 is 1.12 bits per heavy atom. The monoisotopic (exact) mass is 480 g/mol. The van der Waals surface area contributed by atoms with E-state index >= 15 is 0 Å². The number of benzene rings is 1. The first-order chi connectivity index (χ1) is 16.4. The number of piperidine rings is 1. The third kappa shape index (κ3) is 5.78. The van der Waals surface area contributed by atoms with Crippen molar-refractivity contribution in [2.45, 2.75) is 81.0 Å². The molecule has 182 valence electrons. The van der Waals surface area contributed by atoms with E-state index in [2.05, 4.69) is 34.8 Å². The number of nitrogen functional groups attached to an aromatic ring is 1. The minimum absolute atomic E-state index is 0.114. The average Bonchev–Trinajstić information content (AvgIpc) is 2.82. The lowest BCUT2D eigenvalue weighted by molar-refractivity contribution is -0.118. The van der Waals surface area contributed by atoms with Gasteiger partial charge >= 0.3 is 0 Å². The predicted molar refractivity (Wildman–Crippen MR) is 139 cm³/mol. The number of rotatable bonds is 9. The minimum atomic E-state index is -0.263. The molecule has 1 amide bonds. The number of hydrogen-bond donors (Lipinski definition) is 2. The molecule has 1 saturated heterocycles. The maximum atomic E-state index is 13.5. The number of carbonyl (C=O) groups is 1. The second-order valence-corrected chi connectivity index (χ2v) is 10.7. The molecule has 0 radical (unpaired) electrons. The van der Waals surface area contributed by atoms with Crippen molar-refractivity contribution >= 4 is 29.2 Å². The summed E-state index contributed by atoms with van der Waals surface area (Å²) in [5.41, 5.74) is 7.61. The van der Waals surface area contributed by atoms with Gasteiger partial charge < -0.3 is 10.6 Å². The number of likely N-dealkylation sites (tertiary alicyclic amines) is 1. The average molecular weight is 481 g/mol. The minimum Gasteiger partial charge on any atom is -0.382 e. The van der Waals surface area contributed by atoms with E-state index in [-0.39, 0.29) is 17.0 Å². The summed E-state index contributed by atoms with van der Waals surface area (Å²) in [5.74, 6) is 0.00860. The summed E-state index contributed by atoms with van der Waals surface area (Å²) in [6.07, 6.45) is 10.8. The Hall–Kier alpha value is -2.45. The van der Waals surface area contributed by atoms with E-state index in [0.29, 0.717) is 29.9 Å². The van der Waals surface area contributed by atoms with Crippen molar-refractivity contribution in [1.82, 2.24) is 14.9 Å². The van der Waals surface area contributed by atoms with Crippen LogP contribution < -0.4 is 10.6 Å². The molecule has 0 saturated carbocycles. The predicted octanol–water partition coefficient (Wildman–Crippen LogP) is 4.24. The van der Waals surface area contributed by atoms with Gasteiger partial charge in [-0.3, -0.25) is 20.1 Å². The first kappa shape index (κ1) is 24.7. The number of thioether (sulfide) groups is 1. The molecule has 1 aromatic carbocycles. The molecule has 0 spiro atoms. The molecular formula is C26H36N6OS. The molecule has 34 heavy (non-hydrogen) atoms. The number of fused-ring (bicyclic) bond motifs is 1. The Labute approximate surface area is 207 Å². The molecule has 1 fully saturated rings. The fourth-order valence-corrected chi connectivity index (χ4v) is 6.36. The fourth-order valence-electron chi connectivity index (χ4n) is 5.12. The zero-order valence-electron chi connectivity index (χ0n) is 20.2. The van der Waals surface area contributed by atoms with E-state index in [1.807, 2.05) is 23.1 Å². The van der Waals surface area contributed by atoms with E-state index in [1.165, 1.54) is 31.9 Å². The topological polar surface area (TPSA) is 99.2 Å². The highest BCUT2D eigenvalue weighted by atomic mass is 32.2. The quantitative estimate of drug-likeness (QED) is 0.316. The van der Waals surface area contributed by atoms with Crippen LogP contribution in [0, 0.1) is 5.41 Å². The zero-order valence-corrected chi connectivity index (χ0v) is 21.1. The number of aromatic nitrogens is 2. The molecule has 4 rings (SSSR count). The molecule has 0 bridgehead atoms. The highest BCUT2D eigenvalue weighted by molar-refractivity contribution is 8.01. The summed E-state index contributed by atoms with van der Waals surface area (Å²) in [4.78, 5) is 27.8. The number of amides is 1. The van der Waals surface area contributed by atoms with E-state index in [0.717, 1.165) is 36.5 Å². The van der Waals surface area contributed by atoms with Crippen LogP contribution in [0.2, 0.25) is 0 Å². The molecule has 0 aliphatic carbocycles. The number of amidine groups is 1. The number of nitrogens with two attached hydrogens (primary N) is 1. The fraction of sp³-hybridized carbons (Fsp3) is 0.538. The third-order valence-corrected chi connectivity index (χ3v) is 8.25. The summed E-state index contributed by atoms with van der Waals surface area (Å²) in [5, 5.41) is 7.35. The highest BCUT2D eigenvalue weighted by Crippen LogP contribution is 2.40. The molecule has 2 aliphatic rings. The Bertz CT molecular complexity index is 1000. The van der Waals surface area contributed by atoms with Crippen LogP contribution >= 0.6 is 11.8 Å². The third-order valence-electron chi connectivity index (χ3n) is 7.00. The van der Waals surface area contributed by atoms with Gasteiger partial charge in [-0.25, -0.2) is 4.98 Å². The number of unbranched alkanes of at least 4 members (excludes halogenated alkanes) is 2. The second-order valence-electron chi connectivity index (χ2n) is 9.50. The number of hydrogen-bond acceptors (Lipinski definition) is 6. The number of para-hydroxylation sites is 1. The molecule has 3 atom stereocenters. The van der Waals surface area contributed by atoms with Gasteiger partial charge in [-0.1, -0.05) is 25.0 Å². The van der Waals surface area contributed by atoms with Crippen LogP contribution in [-0.2, 0) is 11.2 Å². The molecule has 2 aromatic rings. The first-order valence-electron chi connectivity index (χ1n) is 12.4. The maximum Gasteiger partial charge on any atom is 0.240 e. The number of carbonyl (C=O) groups excluding carboxylic acids is 1. The van der Waals surface area contributed by atoms with Crippen molar-refractivity contribution in [2.24, 2.45) is 5.73 Å². The van der Waals surface area contributed by atoms with Gasteiger partial charge in [0.1, 0.15) is 11.5 Å². The largest absolute Gasteiger partial charge is 0.382 e. The van der Waals surface area contributed by atoms with E-state index in [9.17, 15) is 4.79 Å². The van der Waals surface area contributed by atoms with Gasteiger partial charge in [0.15, 0.2) is 0 Å². The van der Waals surface area contributed by atoms with Gasteiger partial charge in [0.2, 0.25) is 5.91 Å². The molecular weight excluding hydrogens is 444 g/mol. The van der Waals surface area contributed by atoms with Crippen LogP contribution in [0.4, 0.5) is 5.69 Å². The van der Waals surface area contributed by atoms with Gasteiger partial charge in [0.05, 0.1) is 22.8 Å².